The first-order valence-corrected chi connectivity index (χ1v) is 8.31. The van der Waals surface area contributed by atoms with Gasteiger partial charge >= 0.3 is 0 Å². The molecular formula is C18H30FNO. The van der Waals surface area contributed by atoms with Gasteiger partial charge in [-0.1, -0.05) is 52.4 Å². The van der Waals surface area contributed by atoms with Gasteiger partial charge in [0.05, 0.1) is 12.8 Å². The van der Waals surface area contributed by atoms with Crippen molar-refractivity contribution >= 4 is 5.69 Å². The second-order valence-electron chi connectivity index (χ2n) is 5.68. The molecule has 0 aliphatic carbocycles. The van der Waals surface area contributed by atoms with E-state index >= 15 is 0 Å². The fourth-order valence-corrected chi connectivity index (χ4v) is 2.57. The predicted octanol–water partition coefficient (Wildman–Crippen LogP) is 5.78. The number of rotatable bonds is 11. The molecule has 0 saturated heterocycles. The Labute approximate surface area is 129 Å². The molecule has 0 atom stereocenters. The maximum absolute atomic E-state index is 13.3. The number of benzene rings is 1. The third kappa shape index (κ3) is 6.83. The zero-order valence-electron chi connectivity index (χ0n) is 13.8. The van der Waals surface area contributed by atoms with Crippen molar-refractivity contribution in [2.24, 2.45) is 0 Å². The Morgan fingerprint density at radius 2 is 1.67 bits per heavy atom. The van der Waals surface area contributed by atoms with E-state index in [1.807, 2.05) is 0 Å². The molecule has 2 nitrogen and oxygen atoms in total. The van der Waals surface area contributed by atoms with Crippen LogP contribution in [0.15, 0.2) is 18.2 Å². The highest BCUT2D eigenvalue weighted by Crippen LogP contribution is 2.27. The van der Waals surface area contributed by atoms with Crippen LogP contribution in [0.5, 0.6) is 5.75 Å². The van der Waals surface area contributed by atoms with E-state index < -0.39 is 0 Å². The fourth-order valence-electron chi connectivity index (χ4n) is 2.57. The molecule has 3 heteroatoms. The molecule has 0 aliphatic heterocycles. The van der Waals surface area contributed by atoms with Crippen LogP contribution in [0.4, 0.5) is 10.1 Å². The molecule has 1 rings (SSSR count). The number of ether oxygens (including phenoxy) is 1. The number of halogens is 1. The van der Waals surface area contributed by atoms with E-state index in [1.54, 1.807) is 13.2 Å². The molecule has 0 aromatic heterocycles. The Kier molecular flexibility index (Phi) is 8.88. The first kappa shape index (κ1) is 17.8. The normalized spacial score (nSPS) is 10.9. The average molecular weight is 295 g/mol. The maximum Gasteiger partial charge on any atom is 0.144 e. The van der Waals surface area contributed by atoms with Crippen molar-refractivity contribution in [3.63, 3.8) is 0 Å². The molecule has 0 bridgehead atoms. The minimum atomic E-state index is -0.258. The summed E-state index contributed by atoms with van der Waals surface area (Å²) in [5.41, 5.74) is 0.900. The van der Waals surface area contributed by atoms with Gasteiger partial charge in [0.2, 0.25) is 0 Å². The minimum absolute atomic E-state index is 0.258. The topological polar surface area (TPSA) is 21.3 Å². The van der Waals surface area contributed by atoms with Crippen molar-refractivity contribution in [2.45, 2.75) is 71.3 Å². The summed E-state index contributed by atoms with van der Waals surface area (Å²) in [6, 6.07) is 5.15. The third-order valence-electron chi connectivity index (χ3n) is 3.84. The predicted molar refractivity (Wildman–Crippen MR) is 88.6 cm³/mol. The molecular weight excluding hydrogens is 265 g/mol. The molecule has 0 amide bonds. The molecule has 1 N–H and O–H groups in total. The van der Waals surface area contributed by atoms with Crippen molar-refractivity contribution in [2.75, 3.05) is 12.4 Å². The van der Waals surface area contributed by atoms with Crippen LogP contribution in [0.3, 0.4) is 0 Å². The largest absolute Gasteiger partial charge is 0.494 e. The van der Waals surface area contributed by atoms with Gasteiger partial charge in [-0.3, -0.25) is 0 Å². The smallest absolute Gasteiger partial charge is 0.144 e. The highest BCUT2D eigenvalue weighted by Gasteiger charge is 2.11. The lowest BCUT2D eigenvalue weighted by Crippen LogP contribution is -2.20. The van der Waals surface area contributed by atoms with Gasteiger partial charge in [0.25, 0.3) is 0 Å². The molecule has 1 aromatic rings. The highest BCUT2D eigenvalue weighted by atomic mass is 19.1. The highest BCUT2D eigenvalue weighted by molar-refractivity contribution is 5.57. The van der Waals surface area contributed by atoms with Gasteiger partial charge in [-0.15, -0.1) is 0 Å². The summed E-state index contributed by atoms with van der Waals surface area (Å²) in [6.45, 7) is 4.45. The molecule has 120 valence electrons. The Morgan fingerprint density at radius 1 is 1.05 bits per heavy atom. The van der Waals surface area contributed by atoms with Gasteiger partial charge in [0.15, 0.2) is 0 Å². The summed E-state index contributed by atoms with van der Waals surface area (Å²) in [7, 11) is 1.59. The van der Waals surface area contributed by atoms with Gasteiger partial charge in [0, 0.05) is 12.1 Å². The van der Waals surface area contributed by atoms with E-state index in [9.17, 15) is 4.39 Å². The first-order chi connectivity index (χ1) is 10.2. The van der Waals surface area contributed by atoms with E-state index in [-0.39, 0.29) is 5.82 Å². The van der Waals surface area contributed by atoms with Crippen LogP contribution >= 0.6 is 0 Å². The minimum Gasteiger partial charge on any atom is -0.494 e. The van der Waals surface area contributed by atoms with Crippen molar-refractivity contribution in [1.82, 2.24) is 0 Å². The number of methoxy groups -OCH3 is 1. The molecule has 1 aromatic carbocycles. The zero-order chi connectivity index (χ0) is 15.5. The van der Waals surface area contributed by atoms with Crippen LogP contribution in [0.2, 0.25) is 0 Å². The summed E-state index contributed by atoms with van der Waals surface area (Å²) in [6.07, 6.45) is 9.83. The molecule has 0 unspecified atom stereocenters. The van der Waals surface area contributed by atoms with Gasteiger partial charge in [0.1, 0.15) is 11.6 Å². The van der Waals surface area contributed by atoms with E-state index in [1.165, 1.54) is 50.7 Å². The fraction of sp³-hybridized carbons (Fsp3) is 0.667. The molecule has 0 saturated carbocycles. The van der Waals surface area contributed by atoms with Gasteiger partial charge in [-0.05, 0) is 25.0 Å². The van der Waals surface area contributed by atoms with Crippen LogP contribution in [0.1, 0.15) is 65.2 Å². The van der Waals surface area contributed by atoms with Crippen molar-refractivity contribution < 1.29 is 9.13 Å². The summed E-state index contributed by atoms with van der Waals surface area (Å²) >= 11 is 0. The Balaban J connectivity index is 2.64. The lowest BCUT2D eigenvalue weighted by Gasteiger charge is -2.21. The van der Waals surface area contributed by atoms with E-state index in [0.717, 1.165) is 18.5 Å². The van der Waals surface area contributed by atoms with Crippen molar-refractivity contribution in [1.29, 1.82) is 0 Å². The number of hydrogen-bond donors (Lipinski definition) is 1. The molecule has 0 heterocycles. The maximum atomic E-state index is 13.3. The van der Waals surface area contributed by atoms with Crippen LogP contribution in [-0.4, -0.2) is 13.2 Å². The molecule has 0 fully saturated rings. The SMILES string of the molecule is CCCCCC(CCCCC)Nc1ccc(F)cc1OC. The second kappa shape index (κ2) is 10.5. The zero-order valence-corrected chi connectivity index (χ0v) is 13.8. The number of nitrogens with one attached hydrogen (secondary N) is 1. The first-order valence-electron chi connectivity index (χ1n) is 8.31. The van der Waals surface area contributed by atoms with Crippen molar-refractivity contribution in [3.8, 4) is 5.75 Å². The Hall–Kier alpha value is -1.25. The lowest BCUT2D eigenvalue weighted by atomic mass is 10.0. The summed E-state index contributed by atoms with van der Waals surface area (Å²) in [4.78, 5) is 0. The standard InChI is InChI=1S/C18H30FNO/c1-4-6-8-10-16(11-9-7-5-2)20-17-13-12-15(19)14-18(17)21-3/h12-14,16,20H,4-11H2,1-3H3. The molecule has 0 aliphatic rings. The monoisotopic (exact) mass is 295 g/mol. The van der Waals surface area contributed by atoms with Gasteiger partial charge in [-0.2, -0.15) is 0 Å². The van der Waals surface area contributed by atoms with E-state index in [4.69, 9.17) is 4.74 Å². The van der Waals surface area contributed by atoms with Crippen LogP contribution in [0, 0.1) is 5.82 Å². The van der Waals surface area contributed by atoms with Crippen LogP contribution in [0.25, 0.3) is 0 Å². The summed E-state index contributed by atoms with van der Waals surface area (Å²) in [5, 5.41) is 3.55. The van der Waals surface area contributed by atoms with Crippen LogP contribution in [-0.2, 0) is 0 Å². The Morgan fingerprint density at radius 3 is 2.19 bits per heavy atom. The summed E-state index contributed by atoms with van der Waals surface area (Å²) < 4.78 is 18.5. The van der Waals surface area contributed by atoms with Gasteiger partial charge in [-0.25, -0.2) is 4.39 Å². The molecule has 0 spiro atoms. The number of unbranched alkanes of at least 4 members (excludes halogenated alkanes) is 4. The molecule has 21 heavy (non-hydrogen) atoms. The average Bonchev–Trinajstić information content (AvgIpc) is 2.49. The lowest BCUT2D eigenvalue weighted by molar-refractivity contribution is 0.411. The second-order valence-corrected chi connectivity index (χ2v) is 5.68. The summed E-state index contributed by atoms with van der Waals surface area (Å²) in [5.74, 6) is 0.330. The van der Waals surface area contributed by atoms with Crippen LogP contribution < -0.4 is 10.1 Å². The third-order valence-corrected chi connectivity index (χ3v) is 3.84. The van der Waals surface area contributed by atoms with Gasteiger partial charge < -0.3 is 10.1 Å². The number of hydrogen-bond acceptors (Lipinski definition) is 2. The van der Waals surface area contributed by atoms with E-state index in [0.29, 0.717) is 11.8 Å². The number of anilines is 1. The van der Waals surface area contributed by atoms with Crippen molar-refractivity contribution in [3.05, 3.63) is 24.0 Å². The quantitative estimate of drug-likeness (QED) is 0.523. The molecule has 0 radical (unpaired) electrons. The Bertz CT molecular complexity index is 385. The van der Waals surface area contributed by atoms with E-state index in [2.05, 4.69) is 19.2 Å².